The molecule has 7 heteroatoms. The van der Waals surface area contributed by atoms with Crippen LogP contribution in [0.3, 0.4) is 0 Å². The van der Waals surface area contributed by atoms with Crippen LogP contribution in [0.15, 0.2) is 59.9 Å². The number of hydrogen-bond donors (Lipinski definition) is 2. The highest BCUT2D eigenvalue weighted by molar-refractivity contribution is 6.30. The summed E-state index contributed by atoms with van der Waals surface area (Å²) >= 11 is 6.09. The molecular formula is C25H23ClN4O2. The SMILES string of the molecule is Cc1ccc(NC(=O)c2cnn3c2NC2=C(C(=O)CCC2)C3c2ccc(Cl)cc2)cc1C. The van der Waals surface area contributed by atoms with Crippen molar-refractivity contribution in [2.45, 2.75) is 39.2 Å². The number of nitrogens with one attached hydrogen (secondary N) is 2. The number of rotatable bonds is 3. The van der Waals surface area contributed by atoms with E-state index in [1.54, 1.807) is 10.9 Å². The molecular weight excluding hydrogens is 424 g/mol. The standard InChI is InChI=1S/C25H23ClN4O2/c1-14-6-11-18(12-15(14)2)28-25(32)19-13-27-30-23(16-7-9-17(26)10-8-16)22-20(29-24(19)30)4-3-5-21(22)31/h6-13,23,29H,3-5H2,1-2H3,(H,28,32). The van der Waals surface area contributed by atoms with E-state index in [9.17, 15) is 9.59 Å². The summed E-state index contributed by atoms with van der Waals surface area (Å²) in [5.74, 6) is 0.462. The van der Waals surface area contributed by atoms with Crippen molar-refractivity contribution in [1.29, 1.82) is 0 Å². The third-order valence-corrected chi connectivity index (χ3v) is 6.49. The fourth-order valence-corrected chi connectivity index (χ4v) is 4.52. The summed E-state index contributed by atoms with van der Waals surface area (Å²) in [6, 6.07) is 12.9. The van der Waals surface area contributed by atoms with Crippen LogP contribution >= 0.6 is 11.6 Å². The summed E-state index contributed by atoms with van der Waals surface area (Å²) in [6.45, 7) is 4.05. The first kappa shape index (κ1) is 20.5. The number of aromatic nitrogens is 2. The lowest BCUT2D eigenvalue weighted by Crippen LogP contribution is -2.32. The van der Waals surface area contributed by atoms with E-state index in [0.29, 0.717) is 22.8 Å². The minimum atomic E-state index is -0.394. The van der Waals surface area contributed by atoms with Crippen molar-refractivity contribution in [2.24, 2.45) is 0 Å². The molecule has 2 N–H and O–H groups in total. The maximum atomic E-state index is 13.2. The lowest BCUT2D eigenvalue weighted by Gasteiger charge is -2.33. The number of carbonyl (C=O) groups excluding carboxylic acids is 2. The van der Waals surface area contributed by atoms with E-state index in [4.69, 9.17) is 11.6 Å². The number of Topliss-reactive ketones (excluding diaryl/α,β-unsaturated/α-hetero) is 1. The van der Waals surface area contributed by atoms with Crippen LogP contribution in [0.2, 0.25) is 5.02 Å². The Balaban J connectivity index is 1.55. The van der Waals surface area contributed by atoms with Gasteiger partial charge in [-0.25, -0.2) is 4.68 Å². The Bertz CT molecular complexity index is 1270. The van der Waals surface area contributed by atoms with E-state index in [0.717, 1.165) is 40.9 Å². The second kappa shape index (κ2) is 7.95. The molecule has 162 valence electrons. The van der Waals surface area contributed by atoms with E-state index in [1.807, 2.05) is 56.3 Å². The van der Waals surface area contributed by atoms with Crippen LogP contribution in [0.5, 0.6) is 0 Å². The van der Waals surface area contributed by atoms with Crippen LogP contribution in [-0.4, -0.2) is 21.5 Å². The predicted octanol–water partition coefficient (Wildman–Crippen LogP) is 5.43. The molecule has 1 atom stereocenters. The van der Waals surface area contributed by atoms with Gasteiger partial charge in [-0.1, -0.05) is 29.8 Å². The average molecular weight is 447 g/mol. The molecule has 1 aliphatic carbocycles. The highest BCUT2D eigenvalue weighted by Crippen LogP contribution is 2.41. The zero-order valence-corrected chi connectivity index (χ0v) is 18.7. The number of anilines is 2. The van der Waals surface area contributed by atoms with Crippen LogP contribution in [-0.2, 0) is 4.79 Å². The number of ketones is 1. The van der Waals surface area contributed by atoms with Gasteiger partial charge >= 0.3 is 0 Å². The molecule has 0 bridgehead atoms. The number of carbonyl (C=O) groups is 2. The van der Waals surface area contributed by atoms with Crippen molar-refractivity contribution in [3.8, 4) is 0 Å². The van der Waals surface area contributed by atoms with Gasteiger partial charge in [-0.05, 0) is 67.6 Å². The Labute approximate surface area is 191 Å². The number of benzene rings is 2. The number of fused-ring (bicyclic) bond motifs is 1. The van der Waals surface area contributed by atoms with Crippen molar-refractivity contribution in [3.05, 3.63) is 87.2 Å². The number of allylic oxidation sites excluding steroid dienone is 2. The van der Waals surface area contributed by atoms with Gasteiger partial charge in [0, 0.05) is 28.4 Å². The fraction of sp³-hybridized carbons (Fsp3) is 0.240. The fourth-order valence-electron chi connectivity index (χ4n) is 4.40. The second-order valence-electron chi connectivity index (χ2n) is 8.35. The molecule has 1 aromatic heterocycles. The van der Waals surface area contributed by atoms with Crippen molar-refractivity contribution >= 4 is 34.8 Å². The highest BCUT2D eigenvalue weighted by Gasteiger charge is 2.37. The van der Waals surface area contributed by atoms with Crippen molar-refractivity contribution in [2.75, 3.05) is 10.6 Å². The van der Waals surface area contributed by atoms with Crippen molar-refractivity contribution in [3.63, 3.8) is 0 Å². The van der Waals surface area contributed by atoms with Gasteiger partial charge in [0.1, 0.15) is 17.4 Å². The monoisotopic (exact) mass is 446 g/mol. The van der Waals surface area contributed by atoms with Gasteiger partial charge < -0.3 is 10.6 Å². The molecule has 0 saturated heterocycles. The molecule has 0 saturated carbocycles. The maximum absolute atomic E-state index is 13.2. The minimum Gasteiger partial charge on any atom is -0.343 e. The molecule has 2 aliphatic rings. The normalized spacial score (nSPS) is 17.5. The van der Waals surface area contributed by atoms with Crippen molar-refractivity contribution < 1.29 is 9.59 Å². The van der Waals surface area contributed by atoms with E-state index in [1.165, 1.54) is 5.56 Å². The van der Waals surface area contributed by atoms with Crippen LogP contribution < -0.4 is 10.6 Å². The van der Waals surface area contributed by atoms with Crippen LogP contribution in [0.1, 0.15) is 52.4 Å². The predicted molar refractivity (Wildman–Crippen MR) is 125 cm³/mol. The van der Waals surface area contributed by atoms with Gasteiger partial charge in [0.2, 0.25) is 0 Å². The number of hydrogen-bond acceptors (Lipinski definition) is 4. The van der Waals surface area contributed by atoms with E-state index < -0.39 is 6.04 Å². The van der Waals surface area contributed by atoms with E-state index in [2.05, 4.69) is 15.7 Å². The molecule has 1 unspecified atom stereocenters. The minimum absolute atomic E-state index is 0.112. The Morgan fingerprint density at radius 2 is 1.91 bits per heavy atom. The first-order valence-electron chi connectivity index (χ1n) is 10.7. The smallest absolute Gasteiger partial charge is 0.261 e. The average Bonchev–Trinajstić information content (AvgIpc) is 3.19. The zero-order chi connectivity index (χ0) is 22.4. The first-order valence-corrected chi connectivity index (χ1v) is 11.0. The van der Waals surface area contributed by atoms with Crippen LogP contribution in [0, 0.1) is 13.8 Å². The third kappa shape index (κ3) is 3.50. The van der Waals surface area contributed by atoms with Crippen LogP contribution in [0.25, 0.3) is 0 Å². The molecule has 0 fully saturated rings. The summed E-state index contributed by atoms with van der Waals surface area (Å²) in [5.41, 5.74) is 5.94. The lowest BCUT2D eigenvalue weighted by atomic mass is 9.85. The van der Waals surface area contributed by atoms with Gasteiger partial charge in [-0.2, -0.15) is 5.10 Å². The quantitative estimate of drug-likeness (QED) is 0.562. The van der Waals surface area contributed by atoms with Gasteiger partial charge in [-0.3, -0.25) is 9.59 Å². The number of aryl methyl sites for hydroxylation is 2. The lowest BCUT2D eigenvalue weighted by molar-refractivity contribution is -0.116. The summed E-state index contributed by atoms with van der Waals surface area (Å²) in [5, 5.41) is 11.5. The molecule has 0 radical (unpaired) electrons. The largest absolute Gasteiger partial charge is 0.343 e. The third-order valence-electron chi connectivity index (χ3n) is 6.23. The van der Waals surface area contributed by atoms with E-state index in [-0.39, 0.29) is 11.7 Å². The molecule has 32 heavy (non-hydrogen) atoms. The molecule has 0 spiro atoms. The molecule has 6 nitrogen and oxygen atoms in total. The molecule has 1 amide bonds. The number of nitrogens with zero attached hydrogens (tertiary/aromatic N) is 2. The van der Waals surface area contributed by atoms with Gasteiger partial charge in [0.15, 0.2) is 5.78 Å². The Morgan fingerprint density at radius 3 is 2.66 bits per heavy atom. The highest BCUT2D eigenvalue weighted by atomic mass is 35.5. The Kier molecular flexibility index (Phi) is 5.10. The number of amides is 1. The molecule has 2 aromatic carbocycles. The number of halogens is 1. The maximum Gasteiger partial charge on any atom is 0.261 e. The van der Waals surface area contributed by atoms with E-state index >= 15 is 0 Å². The second-order valence-corrected chi connectivity index (χ2v) is 8.79. The van der Waals surface area contributed by atoms with Crippen molar-refractivity contribution in [1.82, 2.24) is 9.78 Å². The molecule has 5 rings (SSSR count). The summed E-state index contributed by atoms with van der Waals surface area (Å²) in [6.07, 6.45) is 3.62. The van der Waals surface area contributed by atoms with Crippen LogP contribution in [0.4, 0.5) is 11.5 Å². The summed E-state index contributed by atoms with van der Waals surface area (Å²) < 4.78 is 1.74. The topological polar surface area (TPSA) is 76.0 Å². The zero-order valence-electron chi connectivity index (χ0n) is 17.9. The molecule has 2 heterocycles. The van der Waals surface area contributed by atoms with Gasteiger partial charge in [0.25, 0.3) is 5.91 Å². The van der Waals surface area contributed by atoms with Gasteiger partial charge in [0.05, 0.1) is 6.20 Å². The first-order chi connectivity index (χ1) is 15.4. The Hall–Kier alpha value is -3.38. The Morgan fingerprint density at radius 1 is 1.12 bits per heavy atom. The van der Waals surface area contributed by atoms with Gasteiger partial charge in [-0.15, -0.1) is 0 Å². The summed E-state index contributed by atoms with van der Waals surface area (Å²) in [4.78, 5) is 26.0. The molecule has 3 aromatic rings. The molecule has 1 aliphatic heterocycles. The summed E-state index contributed by atoms with van der Waals surface area (Å²) in [7, 11) is 0.